The maximum absolute atomic E-state index is 10.8. The van der Waals surface area contributed by atoms with Gasteiger partial charge in [-0.15, -0.1) is 12.4 Å². The number of halogens is 1. The molecular weight excluding hydrogens is 262 g/mol. The van der Waals surface area contributed by atoms with E-state index >= 15 is 0 Å². The molecule has 0 unspecified atom stereocenters. The van der Waals surface area contributed by atoms with Crippen LogP contribution in [0, 0.1) is 10.1 Å². The number of nitro groups is 1. The highest BCUT2D eigenvalue weighted by molar-refractivity contribution is 7.86. The Bertz CT molecular complexity index is 500. The van der Waals surface area contributed by atoms with Crippen LogP contribution in [0.4, 0.5) is 5.69 Å². The first-order chi connectivity index (χ1) is 6.86. The van der Waals surface area contributed by atoms with Crippen LogP contribution in [-0.2, 0) is 10.1 Å². The highest BCUT2D eigenvalue weighted by Gasteiger charge is 2.24. The molecule has 1 aromatic rings. The zero-order valence-electron chi connectivity index (χ0n) is 7.98. The molecule has 16 heavy (non-hydrogen) atoms. The summed E-state index contributed by atoms with van der Waals surface area (Å²) in [4.78, 5) is 8.84. The highest BCUT2D eigenvalue weighted by Crippen LogP contribution is 2.27. The van der Waals surface area contributed by atoms with Gasteiger partial charge in [0.25, 0.3) is 5.69 Å². The number of rotatable bonds is 3. The monoisotopic (exact) mass is 269 g/mol. The lowest BCUT2D eigenvalue weighted by atomic mass is 10.3. The smallest absolute Gasteiger partial charge is 0.301 e. The fraction of sp³-hybridized carbons (Fsp3) is 0.143. The lowest BCUT2D eigenvalue weighted by molar-refractivity contribution is -0.388. The minimum absolute atomic E-state index is 0. The van der Waals surface area contributed by atoms with Gasteiger partial charge in [0.2, 0.25) is 0 Å². The Labute approximate surface area is 97.3 Å². The molecule has 1 rings (SSSR count). The highest BCUT2D eigenvalue weighted by atomic mass is 35.5. The molecule has 7 nitrogen and oxygen atoms in total. The number of hydrogen-bond acceptors (Lipinski definition) is 5. The number of hydrogen-bond donors (Lipinski definition) is 1. The lowest BCUT2D eigenvalue weighted by Gasteiger charge is -2.02. The normalized spacial score (nSPS) is 10.4. The van der Waals surface area contributed by atoms with Gasteiger partial charge in [0.15, 0.2) is 4.90 Å². The van der Waals surface area contributed by atoms with Gasteiger partial charge in [-0.3, -0.25) is 14.7 Å². The van der Waals surface area contributed by atoms with Crippen molar-refractivity contribution in [2.45, 2.75) is 4.90 Å². The Balaban J connectivity index is 0.00000225. The van der Waals surface area contributed by atoms with Crippen LogP contribution >= 0.6 is 12.4 Å². The summed E-state index contributed by atoms with van der Waals surface area (Å²) >= 11 is 0. The van der Waals surface area contributed by atoms with Crippen LogP contribution in [0.1, 0.15) is 0 Å². The summed E-state index contributed by atoms with van der Waals surface area (Å²) in [5.74, 6) is 0.133. The van der Waals surface area contributed by atoms with E-state index in [1.54, 1.807) is 0 Å². The summed E-state index contributed by atoms with van der Waals surface area (Å²) < 4.78 is 34.9. The summed E-state index contributed by atoms with van der Waals surface area (Å²) in [6, 6.07) is 3.03. The number of ether oxygens (including phenoxy) is 1. The molecule has 0 saturated heterocycles. The largest absolute Gasteiger partial charge is 0.497 e. The van der Waals surface area contributed by atoms with Crippen LogP contribution in [0.25, 0.3) is 0 Å². The second-order valence-electron chi connectivity index (χ2n) is 2.57. The Hall–Kier alpha value is -1.38. The van der Waals surface area contributed by atoms with Crippen LogP contribution in [0.3, 0.4) is 0 Å². The topological polar surface area (TPSA) is 107 Å². The number of benzene rings is 1. The first kappa shape index (κ1) is 14.6. The van der Waals surface area contributed by atoms with E-state index in [0.29, 0.717) is 0 Å². The predicted octanol–water partition coefficient (Wildman–Crippen LogP) is 1.27. The van der Waals surface area contributed by atoms with Gasteiger partial charge in [-0.25, -0.2) is 0 Å². The van der Waals surface area contributed by atoms with Gasteiger partial charge in [-0.2, -0.15) is 8.42 Å². The van der Waals surface area contributed by atoms with E-state index in [-0.39, 0.29) is 18.2 Å². The maximum Gasteiger partial charge on any atom is 0.301 e. The SMILES string of the molecule is COc1ccc(S(=O)(=O)O)c([N+](=O)[O-])c1.Cl. The molecule has 0 fully saturated rings. The molecule has 1 aromatic carbocycles. The maximum atomic E-state index is 10.8. The summed E-state index contributed by atoms with van der Waals surface area (Å²) in [6.45, 7) is 0. The minimum Gasteiger partial charge on any atom is -0.497 e. The Morgan fingerprint density at radius 3 is 2.38 bits per heavy atom. The molecule has 0 aliphatic carbocycles. The van der Waals surface area contributed by atoms with Crippen molar-refractivity contribution in [3.63, 3.8) is 0 Å². The first-order valence-electron chi connectivity index (χ1n) is 3.66. The average Bonchev–Trinajstić information content (AvgIpc) is 2.15. The quantitative estimate of drug-likeness (QED) is 0.503. The minimum atomic E-state index is -4.60. The Kier molecular flexibility index (Phi) is 4.66. The molecule has 0 aliphatic rings. The van der Waals surface area contributed by atoms with Crippen LogP contribution in [0.15, 0.2) is 23.1 Å². The molecule has 9 heteroatoms. The van der Waals surface area contributed by atoms with Gasteiger partial charge in [0.05, 0.1) is 18.1 Å². The molecule has 0 saturated carbocycles. The third-order valence-corrected chi connectivity index (χ3v) is 2.54. The zero-order chi connectivity index (χ0) is 11.6. The van der Waals surface area contributed by atoms with Crippen LogP contribution < -0.4 is 4.74 Å². The van der Waals surface area contributed by atoms with Gasteiger partial charge in [0.1, 0.15) is 5.75 Å². The van der Waals surface area contributed by atoms with Crippen molar-refractivity contribution in [3.05, 3.63) is 28.3 Å². The van der Waals surface area contributed by atoms with E-state index in [0.717, 1.165) is 12.1 Å². The fourth-order valence-electron chi connectivity index (χ4n) is 0.985. The fourth-order valence-corrected chi connectivity index (χ4v) is 1.62. The molecule has 1 N–H and O–H groups in total. The second kappa shape index (κ2) is 5.10. The number of nitro benzene ring substituents is 1. The van der Waals surface area contributed by atoms with Gasteiger partial charge >= 0.3 is 10.1 Å². The Morgan fingerprint density at radius 1 is 1.44 bits per heavy atom. The van der Waals surface area contributed by atoms with Gasteiger partial charge in [0, 0.05) is 0 Å². The third-order valence-electron chi connectivity index (χ3n) is 1.64. The Morgan fingerprint density at radius 2 is 2.00 bits per heavy atom. The van der Waals surface area contributed by atoms with E-state index in [1.807, 2.05) is 0 Å². The van der Waals surface area contributed by atoms with E-state index in [9.17, 15) is 18.5 Å². The van der Waals surface area contributed by atoms with Crippen molar-refractivity contribution < 1.29 is 22.6 Å². The lowest BCUT2D eigenvalue weighted by Crippen LogP contribution is -2.03. The molecule has 0 atom stereocenters. The van der Waals surface area contributed by atoms with Gasteiger partial charge in [-0.05, 0) is 12.1 Å². The molecule has 90 valence electrons. The molecule has 0 aromatic heterocycles. The van der Waals surface area contributed by atoms with Crippen LogP contribution in [0.2, 0.25) is 0 Å². The molecule has 0 heterocycles. The van der Waals surface area contributed by atoms with Crippen molar-refractivity contribution in [1.82, 2.24) is 0 Å². The first-order valence-corrected chi connectivity index (χ1v) is 5.10. The summed E-state index contributed by atoms with van der Waals surface area (Å²) in [5.41, 5.74) is -0.725. The van der Waals surface area contributed by atoms with Crippen molar-refractivity contribution in [1.29, 1.82) is 0 Å². The zero-order valence-corrected chi connectivity index (χ0v) is 9.62. The van der Waals surface area contributed by atoms with Crippen molar-refractivity contribution in [3.8, 4) is 5.75 Å². The number of methoxy groups -OCH3 is 1. The predicted molar refractivity (Wildman–Crippen MR) is 56.7 cm³/mol. The van der Waals surface area contributed by atoms with E-state index in [2.05, 4.69) is 0 Å². The van der Waals surface area contributed by atoms with Gasteiger partial charge < -0.3 is 4.74 Å². The molecule has 0 spiro atoms. The van der Waals surface area contributed by atoms with Crippen LogP contribution in [-0.4, -0.2) is 25.0 Å². The molecule has 0 radical (unpaired) electrons. The molecule has 0 amide bonds. The molecular formula is C7H8ClNO6S. The summed E-state index contributed by atoms with van der Waals surface area (Å²) in [5, 5.41) is 10.5. The van der Waals surface area contributed by atoms with E-state index in [4.69, 9.17) is 9.29 Å². The summed E-state index contributed by atoms with van der Waals surface area (Å²) in [7, 11) is -3.32. The molecule has 0 aliphatic heterocycles. The second-order valence-corrected chi connectivity index (χ2v) is 3.96. The van der Waals surface area contributed by atoms with Gasteiger partial charge in [-0.1, -0.05) is 0 Å². The average molecular weight is 270 g/mol. The van der Waals surface area contributed by atoms with Crippen molar-refractivity contribution in [2.75, 3.05) is 7.11 Å². The van der Waals surface area contributed by atoms with E-state index in [1.165, 1.54) is 13.2 Å². The third kappa shape index (κ3) is 3.05. The number of nitrogens with zero attached hydrogens (tertiary/aromatic N) is 1. The summed E-state index contributed by atoms with van der Waals surface area (Å²) in [6.07, 6.45) is 0. The van der Waals surface area contributed by atoms with E-state index < -0.39 is 25.6 Å². The van der Waals surface area contributed by atoms with Crippen molar-refractivity contribution in [2.24, 2.45) is 0 Å². The molecule has 0 bridgehead atoms. The van der Waals surface area contributed by atoms with Crippen LogP contribution in [0.5, 0.6) is 5.75 Å². The van der Waals surface area contributed by atoms with Crippen molar-refractivity contribution >= 4 is 28.2 Å². The standard InChI is InChI=1S/C7H7NO6S.ClH/c1-14-5-2-3-7(15(11,12)13)6(4-5)8(9)10;/h2-4H,1H3,(H,11,12,13);1H.